The number of benzene rings is 1. The Balaban J connectivity index is 2.06. The molecular formula is C13H18N4O4. The first-order valence-corrected chi connectivity index (χ1v) is 6.73. The minimum atomic E-state index is -0.550. The fourth-order valence-electron chi connectivity index (χ4n) is 2.26. The van der Waals surface area contributed by atoms with Crippen molar-refractivity contribution in [3.05, 3.63) is 33.9 Å². The Kier molecular flexibility index (Phi) is 5.07. The van der Waals surface area contributed by atoms with Crippen LogP contribution in [0.3, 0.4) is 0 Å². The molecule has 2 rings (SSSR count). The Bertz CT molecular complexity index is 529. The van der Waals surface area contributed by atoms with Crippen LogP contribution in [-0.4, -0.2) is 30.6 Å². The largest absolute Gasteiger partial charge is 0.381 e. The van der Waals surface area contributed by atoms with E-state index in [0.717, 1.165) is 19.4 Å². The number of carbonyl (C=O) groups is 1. The van der Waals surface area contributed by atoms with Crippen molar-refractivity contribution in [3.63, 3.8) is 0 Å². The highest BCUT2D eigenvalue weighted by molar-refractivity contribution is 6.00. The summed E-state index contributed by atoms with van der Waals surface area (Å²) in [5.74, 6) is 5.22. The average Bonchev–Trinajstić information content (AvgIpc) is 2.52. The number of carbonyl (C=O) groups excluding carboxylic acids is 1. The molecule has 21 heavy (non-hydrogen) atoms. The van der Waals surface area contributed by atoms with Crippen molar-refractivity contribution in [2.45, 2.75) is 12.8 Å². The number of ether oxygens (including phenoxy) is 1. The molecule has 8 nitrogen and oxygen atoms in total. The van der Waals surface area contributed by atoms with Gasteiger partial charge in [-0.1, -0.05) is 0 Å². The number of hydrogen-bond donors (Lipinski definition) is 3. The number of nitrogens with one attached hydrogen (secondary N) is 2. The Morgan fingerprint density at radius 1 is 1.52 bits per heavy atom. The molecule has 1 aliphatic rings. The van der Waals surface area contributed by atoms with E-state index >= 15 is 0 Å². The third-order valence-electron chi connectivity index (χ3n) is 3.42. The molecule has 1 aromatic carbocycles. The molecule has 0 saturated carbocycles. The van der Waals surface area contributed by atoms with E-state index in [1.807, 2.05) is 0 Å². The maximum Gasteiger partial charge on any atom is 0.270 e. The summed E-state index contributed by atoms with van der Waals surface area (Å²) in [6.45, 7) is 1.86. The fraction of sp³-hybridized carbons (Fsp3) is 0.462. The highest BCUT2D eigenvalue weighted by Gasteiger charge is 2.19. The van der Waals surface area contributed by atoms with E-state index in [0.29, 0.717) is 18.8 Å². The van der Waals surface area contributed by atoms with Crippen molar-refractivity contribution < 1.29 is 14.5 Å². The number of nitro groups is 1. The first kappa shape index (κ1) is 15.2. The molecular weight excluding hydrogens is 276 g/mol. The number of nitrogens with zero attached hydrogens (tertiary/aromatic N) is 1. The normalized spacial score (nSPS) is 18.0. The molecule has 1 atom stereocenters. The minimum absolute atomic E-state index is 0.153. The monoisotopic (exact) mass is 294 g/mol. The van der Waals surface area contributed by atoms with E-state index in [1.165, 1.54) is 18.2 Å². The number of nitro benzene ring substituents is 1. The summed E-state index contributed by atoms with van der Waals surface area (Å²) >= 11 is 0. The lowest BCUT2D eigenvalue weighted by atomic mass is 10.0. The van der Waals surface area contributed by atoms with Crippen LogP contribution in [0.2, 0.25) is 0 Å². The number of nitrogen functional groups attached to an aromatic ring is 1. The van der Waals surface area contributed by atoms with E-state index in [1.54, 1.807) is 0 Å². The molecule has 1 aromatic rings. The highest BCUT2D eigenvalue weighted by atomic mass is 16.6. The van der Waals surface area contributed by atoms with Gasteiger partial charge in [-0.25, -0.2) is 0 Å². The van der Waals surface area contributed by atoms with Crippen molar-refractivity contribution in [2.24, 2.45) is 11.8 Å². The van der Waals surface area contributed by atoms with Crippen LogP contribution >= 0.6 is 0 Å². The predicted octanol–water partition coefficient (Wildman–Crippen LogP) is 1.04. The maximum atomic E-state index is 12.2. The molecule has 1 heterocycles. The standard InChI is InChI=1S/C13H18N4O4/c14-16-12-4-3-10(17(19)20)6-11(12)13(18)15-7-9-2-1-5-21-8-9/h3-4,6,9,16H,1-2,5,7-8,14H2,(H,15,18). The second kappa shape index (κ2) is 7.00. The molecule has 0 spiro atoms. The number of hydrazine groups is 1. The molecule has 114 valence electrons. The zero-order valence-corrected chi connectivity index (χ0v) is 11.5. The third-order valence-corrected chi connectivity index (χ3v) is 3.42. The first-order valence-electron chi connectivity index (χ1n) is 6.73. The van der Waals surface area contributed by atoms with Crippen LogP contribution in [-0.2, 0) is 4.74 Å². The second-order valence-electron chi connectivity index (χ2n) is 4.92. The van der Waals surface area contributed by atoms with Crippen molar-refractivity contribution in [1.82, 2.24) is 5.32 Å². The summed E-state index contributed by atoms with van der Waals surface area (Å²) in [5.41, 5.74) is 2.72. The van der Waals surface area contributed by atoms with Crippen molar-refractivity contribution in [1.29, 1.82) is 0 Å². The van der Waals surface area contributed by atoms with Gasteiger partial charge in [-0.05, 0) is 24.8 Å². The molecule has 1 fully saturated rings. The lowest BCUT2D eigenvalue weighted by Gasteiger charge is -2.22. The van der Waals surface area contributed by atoms with Gasteiger partial charge in [-0.3, -0.25) is 20.8 Å². The molecule has 0 bridgehead atoms. The van der Waals surface area contributed by atoms with Crippen LogP contribution in [0.4, 0.5) is 11.4 Å². The smallest absolute Gasteiger partial charge is 0.270 e. The van der Waals surface area contributed by atoms with Crippen LogP contribution in [0.5, 0.6) is 0 Å². The molecule has 1 aliphatic heterocycles. The van der Waals surface area contributed by atoms with Gasteiger partial charge in [-0.2, -0.15) is 0 Å². The van der Waals surface area contributed by atoms with Crippen LogP contribution in [0.1, 0.15) is 23.2 Å². The van der Waals surface area contributed by atoms with E-state index in [4.69, 9.17) is 10.6 Å². The lowest BCUT2D eigenvalue weighted by Crippen LogP contribution is -2.33. The minimum Gasteiger partial charge on any atom is -0.381 e. The van der Waals surface area contributed by atoms with Crippen LogP contribution < -0.4 is 16.6 Å². The number of hydrogen-bond acceptors (Lipinski definition) is 6. The van der Waals surface area contributed by atoms with Crippen molar-refractivity contribution >= 4 is 17.3 Å². The van der Waals surface area contributed by atoms with Crippen LogP contribution in [0, 0.1) is 16.0 Å². The fourth-order valence-corrected chi connectivity index (χ4v) is 2.26. The van der Waals surface area contributed by atoms with Crippen LogP contribution in [0.15, 0.2) is 18.2 Å². The van der Waals surface area contributed by atoms with Crippen LogP contribution in [0.25, 0.3) is 0 Å². The average molecular weight is 294 g/mol. The van der Waals surface area contributed by atoms with E-state index < -0.39 is 10.8 Å². The Morgan fingerprint density at radius 3 is 2.95 bits per heavy atom. The molecule has 0 aromatic heterocycles. The Morgan fingerprint density at radius 2 is 2.33 bits per heavy atom. The molecule has 8 heteroatoms. The summed E-state index contributed by atoms with van der Waals surface area (Å²) in [6.07, 6.45) is 1.98. The molecule has 1 saturated heterocycles. The summed E-state index contributed by atoms with van der Waals surface area (Å²) < 4.78 is 5.34. The molecule has 1 amide bonds. The van der Waals surface area contributed by atoms with Gasteiger partial charge in [0.25, 0.3) is 11.6 Å². The first-order chi connectivity index (χ1) is 10.1. The van der Waals surface area contributed by atoms with Gasteiger partial charge in [0.15, 0.2) is 0 Å². The van der Waals surface area contributed by atoms with Gasteiger partial charge in [0.2, 0.25) is 0 Å². The maximum absolute atomic E-state index is 12.2. The Labute approximate surface area is 121 Å². The number of amides is 1. The lowest BCUT2D eigenvalue weighted by molar-refractivity contribution is -0.384. The van der Waals surface area contributed by atoms with Crippen molar-refractivity contribution in [2.75, 3.05) is 25.2 Å². The van der Waals surface area contributed by atoms with Gasteiger partial charge >= 0.3 is 0 Å². The zero-order valence-electron chi connectivity index (χ0n) is 11.5. The van der Waals surface area contributed by atoms with E-state index in [9.17, 15) is 14.9 Å². The Hall–Kier alpha value is -2.19. The predicted molar refractivity (Wildman–Crippen MR) is 76.8 cm³/mol. The van der Waals surface area contributed by atoms with Crippen molar-refractivity contribution in [3.8, 4) is 0 Å². The second-order valence-corrected chi connectivity index (χ2v) is 4.92. The van der Waals surface area contributed by atoms with Gasteiger partial charge in [0, 0.05) is 25.3 Å². The van der Waals surface area contributed by atoms with Gasteiger partial charge < -0.3 is 15.5 Å². The number of nitrogens with two attached hydrogens (primary N) is 1. The zero-order chi connectivity index (χ0) is 15.2. The summed E-state index contributed by atoms with van der Waals surface area (Å²) in [4.78, 5) is 22.4. The van der Waals surface area contributed by atoms with Gasteiger partial charge in [0.1, 0.15) is 0 Å². The quantitative estimate of drug-likeness (QED) is 0.424. The van der Waals surface area contributed by atoms with E-state index in [-0.39, 0.29) is 17.2 Å². The number of anilines is 1. The topological polar surface area (TPSA) is 120 Å². The number of non-ortho nitro benzene ring substituents is 1. The summed E-state index contributed by atoms with van der Waals surface area (Å²) in [7, 11) is 0. The highest BCUT2D eigenvalue weighted by Crippen LogP contribution is 2.21. The molecule has 0 aliphatic carbocycles. The molecule has 1 unspecified atom stereocenters. The summed E-state index contributed by atoms with van der Waals surface area (Å²) in [6, 6.07) is 3.92. The number of rotatable bonds is 5. The van der Waals surface area contributed by atoms with E-state index in [2.05, 4.69) is 10.7 Å². The SMILES string of the molecule is NNc1ccc([N+](=O)[O-])cc1C(=O)NCC1CCCOC1. The molecule has 4 N–H and O–H groups in total. The molecule has 0 radical (unpaired) electrons. The van der Waals surface area contributed by atoms with Gasteiger partial charge in [-0.15, -0.1) is 0 Å². The van der Waals surface area contributed by atoms with Gasteiger partial charge in [0.05, 0.1) is 22.8 Å². The third kappa shape index (κ3) is 3.89. The summed E-state index contributed by atoms with van der Waals surface area (Å²) in [5, 5.41) is 13.6.